The van der Waals surface area contributed by atoms with Gasteiger partial charge in [-0.05, 0) is 52.5 Å². The fourth-order valence-electron chi connectivity index (χ4n) is 3.54. The van der Waals surface area contributed by atoms with Gasteiger partial charge in [-0.1, -0.05) is 12.1 Å². The predicted octanol–water partition coefficient (Wildman–Crippen LogP) is 2.94. The molecule has 2 atom stereocenters. The Hall–Kier alpha value is -2.52. The average Bonchev–Trinajstić information content (AvgIpc) is 2.72. The molecule has 3 aliphatic heterocycles. The summed E-state index contributed by atoms with van der Waals surface area (Å²) < 4.78 is 33.9. The van der Waals surface area contributed by atoms with Crippen LogP contribution in [0.15, 0.2) is 47.0 Å². The molecule has 0 saturated carbocycles. The standard InChI is InChI=1S/C20H18BrF2N3O3/c21-16-17(23)25-18-13(4-1-7-26(18)20(16)28)11-5-6-14(15(22)9-11)19(27)24-12-3-2-8-29-10-12/h1,4-7,9,12,18,25H,2-3,8,10H2,(H,24,27)/t12-,18?/m0/s1. The summed E-state index contributed by atoms with van der Waals surface area (Å²) in [6.45, 7) is 1.08. The van der Waals surface area contributed by atoms with Crippen molar-refractivity contribution in [1.82, 2.24) is 15.5 Å². The van der Waals surface area contributed by atoms with Gasteiger partial charge in [-0.3, -0.25) is 14.5 Å². The number of halogens is 3. The molecule has 152 valence electrons. The number of benzene rings is 1. The zero-order valence-electron chi connectivity index (χ0n) is 15.3. The fourth-order valence-corrected chi connectivity index (χ4v) is 3.86. The van der Waals surface area contributed by atoms with Crippen molar-refractivity contribution in [1.29, 1.82) is 0 Å². The van der Waals surface area contributed by atoms with Crippen molar-refractivity contribution < 1.29 is 23.1 Å². The maximum Gasteiger partial charge on any atom is 0.271 e. The Kier molecular flexibility index (Phi) is 5.51. The van der Waals surface area contributed by atoms with Gasteiger partial charge in [0.1, 0.15) is 16.5 Å². The molecule has 6 nitrogen and oxygen atoms in total. The van der Waals surface area contributed by atoms with Gasteiger partial charge in [0.2, 0.25) is 5.95 Å². The van der Waals surface area contributed by atoms with Gasteiger partial charge >= 0.3 is 0 Å². The van der Waals surface area contributed by atoms with E-state index in [1.165, 1.54) is 23.2 Å². The van der Waals surface area contributed by atoms with Crippen molar-refractivity contribution >= 4 is 33.3 Å². The highest BCUT2D eigenvalue weighted by atomic mass is 79.9. The Bertz CT molecular complexity index is 954. The van der Waals surface area contributed by atoms with Crippen LogP contribution in [0.1, 0.15) is 28.8 Å². The van der Waals surface area contributed by atoms with E-state index in [2.05, 4.69) is 26.6 Å². The summed E-state index contributed by atoms with van der Waals surface area (Å²) in [4.78, 5) is 26.0. The predicted molar refractivity (Wildman–Crippen MR) is 106 cm³/mol. The van der Waals surface area contributed by atoms with E-state index in [1.807, 2.05) is 0 Å². The van der Waals surface area contributed by atoms with Crippen LogP contribution in [0.2, 0.25) is 0 Å². The average molecular weight is 466 g/mol. The van der Waals surface area contributed by atoms with E-state index in [1.54, 1.807) is 18.2 Å². The molecule has 0 bridgehead atoms. The summed E-state index contributed by atoms with van der Waals surface area (Å²) >= 11 is 2.92. The Labute approximate surface area is 174 Å². The van der Waals surface area contributed by atoms with Crippen molar-refractivity contribution in [3.05, 3.63) is 63.9 Å². The Morgan fingerprint density at radius 3 is 2.90 bits per heavy atom. The van der Waals surface area contributed by atoms with Crippen molar-refractivity contribution in [2.24, 2.45) is 0 Å². The zero-order valence-corrected chi connectivity index (χ0v) is 16.8. The minimum atomic E-state index is -0.813. The van der Waals surface area contributed by atoms with Crippen molar-refractivity contribution in [3.63, 3.8) is 0 Å². The molecule has 1 saturated heterocycles. The number of hydrogen-bond donors (Lipinski definition) is 2. The van der Waals surface area contributed by atoms with E-state index in [-0.39, 0.29) is 16.1 Å². The molecule has 2 N–H and O–H groups in total. The molecular formula is C20H18BrF2N3O3. The zero-order chi connectivity index (χ0) is 20.5. The van der Waals surface area contributed by atoms with Gasteiger partial charge in [0, 0.05) is 18.4 Å². The van der Waals surface area contributed by atoms with E-state index in [0.29, 0.717) is 24.4 Å². The molecule has 3 heterocycles. The molecule has 4 rings (SSSR count). The van der Waals surface area contributed by atoms with E-state index in [4.69, 9.17) is 4.74 Å². The third-order valence-corrected chi connectivity index (χ3v) is 5.70. The lowest BCUT2D eigenvalue weighted by molar-refractivity contribution is -0.126. The molecule has 0 radical (unpaired) electrons. The third-order valence-electron chi connectivity index (χ3n) is 5.02. The highest BCUT2D eigenvalue weighted by Crippen LogP contribution is 2.32. The van der Waals surface area contributed by atoms with Crippen LogP contribution in [0.3, 0.4) is 0 Å². The van der Waals surface area contributed by atoms with Gasteiger partial charge < -0.3 is 15.4 Å². The molecular weight excluding hydrogens is 448 g/mol. The number of fused-ring (bicyclic) bond motifs is 1. The molecule has 1 aromatic carbocycles. The monoisotopic (exact) mass is 465 g/mol. The highest BCUT2D eigenvalue weighted by molar-refractivity contribution is 9.12. The normalized spacial score (nSPS) is 24.0. The maximum atomic E-state index is 14.7. The number of amides is 2. The third kappa shape index (κ3) is 3.84. The lowest BCUT2D eigenvalue weighted by atomic mass is 9.97. The van der Waals surface area contributed by atoms with E-state index in [0.717, 1.165) is 12.8 Å². The fraction of sp³-hybridized carbons (Fsp3) is 0.300. The minimum Gasteiger partial charge on any atom is -0.379 e. The summed E-state index contributed by atoms with van der Waals surface area (Å²) in [6, 6.07) is 4.05. The molecule has 2 amide bonds. The summed E-state index contributed by atoms with van der Waals surface area (Å²) in [7, 11) is 0. The van der Waals surface area contributed by atoms with E-state index >= 15 is 0 Å². The van der Waals surface area contributed by atoms with Gasteiger partial charge in [-0.2, -0.15) is 4.39 Å². The number of hydrogen-bond acceptors (Lipinski definition) is 4. The van der Waals surface area contributed by atoms with Crippen molar-refractivity contribution in [2.75, 3.05) is 13.2 Å². The molecule has 1 aromatic rings. The Morgan fingerprint density at radius 2 is 2.17 bits per heavy atom. The molecule has 1 unspecified atom stereocenters. The lowest BCUT2D eigenvalue weighted by Crippen LogP contribution is -2.50. The topological polar surface area (TPSA) is 70.7 Å². The second-order valence-corrected chi connectivity index (χ2v) is 7.73. The quantitative estimate of drug-likeness (QED) is 0.673. The molecule has 0 aliphatic carbocycles. The molecule has 0 spiro atoms. The maximum absolute atomic E-state index is 14.7. The number of ether oxygens (including phenoxy) is 1. The van der Waals surface area contributed by atoms with Crippen LogP contribution in [0.5, 0.6) is 0 Å². The Balaban J connectivity index is 1.56. The molecule has 0 aromatic heterocycles. The largest absolute Gasteiger partial charge is 0.379 e. The molecule has 1 fully saturated rings. The van der Waals surface area contributed by atoms with Gasteiger partial charge in [-0.15, -0.1) is 0 Å². The number of carbonyl (C=O) groups is 2. The van der Waals surface area contributed by atoms with Crippen LogP contribution >= 0.6 is 15.9 Å². The van der Waals surface area contributed by atoms with Crippen LogP contribution in [-0.2, 0) is 9.53 Å². The van der Waals surface area contributed by atoms with Crippen LogP contribution in [0, 0.1) is 5.82 Å². The minimum absolute atomic E-state index is 0.0790. The van der Waals surface area contributed by atoms with Gasteiger partial charge in [0.25, 0.3) is 11.8 Å². The molecule has 3 aliphatic rings. The second kappa shape index (κ2) is 8.08. The lowest BCUT2D eigenvalue weighted by Gasteiger charge is -2.37. The number of nitrogens with zero attached hydrogens (tertiary/aromatic N) is 1. The highest BCUT2D eigenvalue weighted by Gasteiger charge is 2.36. The van der Waals surface area contributed by atoms with Crippen LogP contribution in [-0.4, -0.2) is 42.1 Å². The smallest absolute Gasteiger partial charge is 0.271 e. The number of nitrogens with one attached hydrogen (secondary N) is 2. The first-order valence-corrected chi connectivity index (χ1v) is 9.96. The van der Waals surface area contributed by atoms with Crippen LogP contribution in [0.25, 0.3) is 5.57 Å². The van der Waals surface area contributed by atoms with Crippen LogP contribution < -0.4 is 10.6 Å². The van der Waals surface area contributed by atoms with E-state index < -0.39 is 29.7 Å². The molecule has 29 heavy (non-hydrogen) atoms. The Morgan fingerprint density at radius 1 is 1.34 bits per heavy atom. The molecule has 9 heteroatoms. The SMILES string of the molecule is O=C(N[C@H]1CCCOC1)c1ccc(C2=CC=CN3C(=O)C(Br)=C(F)NC23)cc1F. The number of rotatable bonds is 3. The first-order valence-electron chi connectivity index (χ1n) is 9.17. The van der Waals surface area contributed by atoms with Gasteiger partial charge in [-0.25, -0.2) is 4.39 Å². The first-order chi connectivity index (χ1) is 14.0. The van der Waals surface area contributed by atoms with E-state index in [9.17, 15) is 18.4 Å². The van der Waals surface area contributed by atoms with Gasteiger partial charge in [0.15, 0.2) is 0 Å². The van der Waals surface area contributed by atoms with Crippen LogP contribution in [0.4, 0.5) is 8.78 Å². The van der Waals surface area contributed by atoms with Gasteiger partial charge in [0.05, 0.1) is 18.2 Å². The van der Waals surface area contributed by atoms with Crippen molar-refractivity contribution in [3.8, 4) is 0 Å². The summed E-state index contributed by atoms with van der Waals surface area (Å²) in [5.74, 6) is -2.53. The first kappa shape index (κ1) is 19.8. The number of allylic oxidation sites excluding steroid dienone is 2. The summed E-state index contributed by atoms with van der Waals surface area (Å²) in [5.41, 5.74) is 0.859. The van der Waals surface area contributed by atoms with Crippen molar-refractivity contribution in [2.45, 2.75) is 25.0 Å². The summed E-state index contributed by atoms with van der Waals surface area (Å²) in [6.07, 6.45) is 5.63. The second-order valence-electron chi connectivity index (χ2n) is 6.93. The number of carbonyl (C=O) groups excluding carboxylic acids is 2. The summed E-state index contributed by atoms with van der Waals surface area (Å²) in [5, 5.41) is 5.37.